The zero-order valence-electron chi connectivity index (χ0n) is 24.1. The Kier molecular flexibility index (Phi) is 6.01. The third-order valence-corrected chi connectivity index (χ3v) is 8.05. The van der Waals surface area contributed by atoms with Gasteiger partial charge in [0.1, 0.15) is 17.0 Å². The summed E-state index contributed by atoms with van der Waals surface area (Å²) in [7, 11) is 0. The van der Waals surface area contributed by atoms with E-state index in [1.165, 1.54) is 16.8 Å². The molecule has 7 aromatic rings. The van der Waals surface area contributed by atoms with E-state index < -0.39 is 0 Å². The Morgan fingerprint density at radius 3 is 2.22 bits per heavy atom. The van der Waals surface area contributed by atoms with Crippen LogP contribution in [0.4, 0.5) is 0 Å². The van der Waals surface area contributed by atoms with E-state index in [-0.39, 0.29) is 0 Å². The third-order valence-electron chi connectivity index (χ3n) is 8.05. The molecule has 202 valence electrons. The van der Waals surface area contributed by atoms with Gasteiger partial charge in [0.05, 0.1) is 22.4 Å². The van der Waals surface area contributed by atoms with Crippen LogP contribution in [0, 0.1) is 6.92 Å². The average molecular weight is 536 g/mol. The van der Waals surface area contributed by atoms with Crippen molar-refractivity contribution in [2.75, 3.05) is 0 Å². The van der Waals surface area contributed by atoms with E-state index >= 15 is 0 Å². The number of nitrogens with zero attached hydrogens (tertiary/aromatic N) is 3. The van der Waals surface area contributed by atoms with Crippen LogP contribution in [0.2, 0.25) is 0 Å². The molecule has 41 heavy (non-hydrogen) atoms. The molecule has 7 rings (SSSR count). The number of aromatic nitrogens is 3. The Hall–Kier alpha value is -4.70. The minimum atomic E-state index is 0.352. The molecule has 4 nitrogen and oxygen atoms in total. The molecule has 3 aromatic heterocycles. The molecule has 0 atom stereocenters. The van der Waals surface area contributed by atoms with Crippen molar-refractivity contribution in [3.63, 3.8) is 0 Å². The molecule has 0 N–H and O–H groups in total. The number of para-hydroxylation sites is 4. The summed E-state index contributed by atoms with van der Waals surface area (Å²) < 4.78 is 8.86. The Labute approximate surface area is 240 Å². The lowest BCUT2D eigenvalue weighted by atomic mass is 9.92. The van der Waals surface area contributed by atoms with E-state index in [4.69, 9.17) is 14.4 Å². The van der Waals surface area contributed by atoms with Gasteiger partial charge in [0.25, 0.3) is 0 Å². The van der Waals surface area contributed by atoms with Crippen molar-refractivity contribution in [2.45, 2.75) is 46.5 Å². The molecule has 0 saturated heterocycles. The van der Waals surface area contributed by atoms with E-state index in [1.807, 2.05) is 24.4 Å². The van der Waals surface area contributed by atoms with Crippen LogP contribution in [-0.4, -0.2) is 14.5 Å². The molecule has 0 amide bonds. The number of hydrogen-bond acceptors (Lipinski definition) is 3. The maximum atomic E-state index is 6.48. The fourth-order valence-corrected chi connectivity index (χ4v) is 6.05. The third kappa shape index (κ3) is 4.13. The molecule has 0 saturated carbocycles. The van der Waals surface area contributed by atoms with Gasteiger partial charge in [-0.3, -0.25) is 9.55 Å². The number of benzene rings is 4. The maximum absolute atomic E-state index is 6.48. The Bertz CT molecular complexity index is 2050. The quantitative estimate of drug-likeness (QED) is 0.220. The first kappa shape index (κ1) is 25.3. The van der Waals surface area contributed by atoms with Crippen LogP contribution in [0.5, 0.6) is 0 Å². The standard InChI is InChI=1S/C37H33N3O/c1-22(2)26-12-10-13-27(23(3)4)35(26)40-33-15-8-7-14-31(33)39-37(40)25-20-29-28-11-6-9-16-34(28)41-36(29)30(21-25)32-19-24(5)17-18-38-32/h6-23H,1-5H3. The molecule has 0 spiro atoms. The largest absolute Gasteiger partial charge is 0.455 e. The Morgan fingerprint density at radius 2 is 1.46 bits per heavy atom. The predicted molar refractivity (Wildman–Crippen MR) is 170 cm³/mol. The first-order valence-corrected chi connectivity index (χ1v) is 14.4. The van der Waals surface area contributed by atoms with Gasteiger partial charge in [-0.15, -0.1) is 0 Å². The van der Waals surface area contributed by atoms with Crippen LogP contribution in [0.1, 0.15) is 56.2 Å². The molecule has 0 bridgehead atoms. The van der Waals surface area contributed by atoms with Crippen molar-refractivity contribution in [3.8, 4) is 28.3 Å². The second kappa shape index (κ2) is 9.74. The van der Waals surface area contributed by atoms with Gasteiger partial charge in [0, 0.05) is 28.1 Å². The van der Waals surface area contributed by atoms with Crippen LogP contribution in [-0.2, 0) is 0 Å². The lowest BCUT2D eigenvalue weighted by Gasteiger charge is -2.22. The van der Waals surface area contributed by atoms with E-state index in [0.29, 0.717) is 11.8 Å². The summed E-state index contributed by atoms with van der Waals surface area (Å²) in [6.45, 7) is 11.2. The number of rotatable bonds is 5. The van der Waals surface area contributed by atoms with E-state index in [2.05, 4.69) is 112 Å². The lowest BCUT2D eigenvalue weighted by molar-refractivity contribution is 0.670. The van der Waals surface area contributed by atoms with Crippen LogP contribution in [0.3, 0.4) is 0 Å². The van der Waals surface area contributed by atoms with Gasteiger partial charge in [-0.1, -0.05) is 76.2 Å². The monoisotopic (exact) mass is 535 g/mol. The molecule has 0 aliphatic carbocycles. The van der Waals surface area contributed by atoms with Crippen molar-refractivity contribution in [1.29, 1.82) is 0 Å². The summed E-state index contributed by atoms with van der Waals surface area (Å²) in [5.74, 6) is 1.62. The predicted octanol–water partition coefficient (Wildman–Crippen LogP) is 10.2. The van der Waals surface area contributed by atoms with Gasteiger partial charge < -0.3 is 4.42 Å². The molecule has 0 fully saturated rings. The zero-order chi connectivity index (χ0) is 28.2. The van der Waals surface area contributed by atoms with Gasteiger partial charge in [-0.2, -0.15) is 0 Å². The molecular weight excluding hydrogens is 502 g/mol. The zero-order valence-corrected chi connectivity index (χ0v) is 24.1. The van der Waals surface area contributed by atoms with Crippen molar-refractivity contribution in [2.24, 2.45) is 0 Å². The Balaban J connectivity index is 1.62. The molecule has 4 aromatic carbocycles. The van der Waals surface area contributed by atoms with Gasteiger partial charge in [0.2, 0.25) is 0 Å². The number of furan rings is 1. The molecule has 0 radical (unpaired) electrons. The molecule has 0 unspecified atom stereocenters. The number of hydrogen-bond donors (Lipinski definition) is 0. The number of fused-ring (bicyclic) bond motifs is 4. The highest BCUT2D eigenvalue weighted by molar-refractivity contribution is 6.11. The summed E-state index contributed by atoms with van der Waals surface area (Å²) in [5.41, 5.74) is 11.7. The summed E-state index contributed by atoms with van der Waals surface area (Å²) in [6, 6.07) is 32.0. The Morgan fingerprint density at radius 1 is 0.732 bits per heavy atom. The summed E-state index contributed by atoms with van der Waals surface area (Å²) >= 11 is 0. The molecule has 0 aliphatic heterocycles. The highest BCUT2D eigenvalue weighted by atomic mass is 16.3. The SMILES string of the molecule is Cc1ccnc(-c2cc(-c3nc4ccccc4n3-c3c(C(C)C)cccc3C(C)C)cc3c2oc2ccccc23)c1. The van der Waals surface area contributed by atoms with Crippen molar-refractivity contribution >= 4 is 33.0 Å². The molecule has 3 heterocycles. The average Bonchev–Trinajstić information content (AvgIpc) is 3.55. The minimum absolute atomic E-state index is 0.352. The van der Waals surface area contributed by atoms with Crippen LogP contribution in [0.25, 0.3) is 61.3 Å². The number of imidazole rings is 1. The van der Waals surface area contributed by atoms with Crippen molar-refractivity contribution in [1.82, 2.24) is 14.5 Å². The number of pyridine rings is 1. The number of aryl methyl sites for hydroxylation is 1. The first-order chi connectivity index (χ1) is 19.9. The summed E-state index contributed by atoms with van der Waals surface area (Å²) in [4.78, 5) is 10.1. The molecule has 4 heteroatoms. The van der Waals surface area contributed by atoms with Crippen molar-refractivity contribution < 1.29 is 4.42 Å². The van der Waals surface area contributed by atoms with E-state index in [1.54, 1.807) is 0 Å². The van der Waals surface area contributed by atoms with Gasteiger partial charge in [0.15, 0.2) is 0 Å². The minimum Gasteiger partial charge on any atom is -0.455 e. The molecule has 0 aliphatic rings. The smallest absolute Gasteiger partial charge is 0.145 e. The van der Waals surface area contributed by atoms with Crippen LogP contribution in [0.15, 0.2) is 102 Å². The van der Waals surface area contributed by atoms with Gasteiger partial charge in [-0.05, 0) is 77.9 Å². The van der Waals surface area contributed by atoms with Crippen LogP contribution < -0.4 is 0 Å². The summed E-state index contributed by atoms with van der Waals surface area (Å²) in [6.07, 6.45) is 1.87. The van der Waals surface area contributed by atoms with E-state index in [0.717, 1.165) is 61.2 Å². The fraction of sp³-hybridized carbons (Fsp3) is 0.189. The van der Waals surface area contributed by atoms with Gasteiger partial charge in [-0.25, -0.2) is 4.98 Å². The highest BCUT2D eigenvalue weighted by Gasteiger charge is 2.24. The maximum Gasteiger partial charge on any atom is 0.145 e. The van der Waals surface area contributed by atoms with E-state index in [9.17, 15) is 0 Å². The van der Waals surface area contributed by atoms with Gasteiger partial charge >= 0.3 is 0 Å². The highest BCUT2D eigenvalue weighted by Crippen LogP contribution is 2.42. The first-order valence-electron chi connectivity index (χ1n) is 14.4. The molecular formula is C37H33N3O. The lowest BCUT2D eigenvalue weighted by Crippen LogP contribution is -2.08. The fourth-order valence-electron chi connectivity index (χ4n) is 6.05. The van der Waals surface area contributed by atoms with Crippen LogP contribution >= 0.6 is 0 Å². The normalized spacial score (nSPS) is 12.0. The summed E-state index contributed by atoms with van der Waals surface area (Å²) in [5, 5.41) is 2.16. The van der Waals surface area contributed by atoms with Crippen molar-refractivity contribution in [3.05, 3.63) is 114 Å². The second-order valence-electron chi connectivity index (χ2n) is 11.6. The second-order valence-corrected chi connectivity index (χ2v) is 11.6. The topological polar surface area (TPSA) is 43.9 Å².